The molecule has 1 N–H and O–H groups in total. The molecule has 0 amide bonds. The summed E-state index contributed by atoms with van der Waals surface area (Å²) >= 11 is 1.67. The van der Waals surface area contributed by atoms with Gasteiger partial charge in [-0.3, -0.25) is 0 Å². The number of aryl methyl sites for hydroxylation is 1. The second-order valence-electron chi connectivity index (χ2n) is 4.01. The highest BCUT2D eigenvalue weighted by atomic mass is 32.1. The molecule has 2 aromatic heterocycles. The largest absolute Gasteiger partial charge is 0.379 e. The highest BCUT2D eigenvalue weighted by Crippen LogP contribution is 2.16. The van der Waals surface area contributed by atoms with Crippen molar-refractivity contribution in [2.75, 3.05) is 24.3 Å². The molecule has 2 rings (SSSR count). The Bertz CT molecular complexity index is 476. The summed E-state index contributed by atoms with van der Waals surface area (Å²) in [5.74, 6) is 0.963. The van der Waals surface area contributed by atoms with Gasteiger partial charge in [0.15, 0.2) is 0 Å². The van der Waals surface area contributed by atoms with Crippen molar-refractivity contribution in [3.05, 3.63) is 34.4 Å². The summed E-state index contributed by atoms with van der Waals surface area (Å²) in [7, 11) is 3.96. The van der Waals surface area contributed by atoms with E-state index < -0.39 is 0 Å². The Balaban J connectivity index is 1.98. The number of nitrogens with one attached hydrogen (secondary N) is 1. The van der Waals surface area contributed by atoms with Crippen LogP contribution < -0.4 is 10.2 Å². The van der Waals surface area contributed by atoms with Crippen molar-refractivity contribution in [2.45, 2.75) is 13.5 Å². The summed E-state index contributed by atoms with van der Waals surface area (Å²) < 4.78 is 0. The van der Waals surface area contributed by atoms with Crippen molar-refractivity contribution in [1.29, 1.82) is 0 Å². The van der Waals surface area contributed by atoms with E-state index in [0.717, 1.165) is 23.7 Å². The van der Waals surface area contributed by atoms with Crippen LogP contribution >= 0.6 is 11.3 Å². The Morgan fingerprint density at radius 1 is 1.29 bits per heavy atom. The minimum Gasteiger partial charge on any atom is -0.379 e. The zero-order chi connectivity index (χ0) is 12.3. The summed E-state index contributed by atoms with van der Waals surface area (Å²) in [6, 6.07) is 4.04. The number of pyridine rings is 1. The van der Waals surface area contributed by atoms with E-state index in [1.54, 1.807) is 11.3 Å². The van der Waals surface area contributed by atoms with Crippen molar-refractivity contribution in [3.63, 3.8) is 0 Å². The van der Waals surface area contributed by atoms with Crippen LogP contribution in [0.5, 0.6) is 0 Å². The normalized spacial score (nSPS) is 10.3. The molecular formula is C12H16N4S. The SMILES string of the molecule is Cc1ncsc1CNc1ccc(N(C)C)nc1. The molecule has 0 fully saturated rings. The van der Waals surface area contributed by atoms with Gasteiger partial charge >= 0.3 is 0 Å². The van der Waals surface area contributed by atoms with E-state index in [-0.39, 0.29) is 0 Å². The first-order valence-corrected chi connectivity index (χ1v) is 6.31. The molecule has 0 unspecified atom stereocenters. The lowest BCUT2D eigenvalue weighted by Gasteiger charge is -2.11. The lowest BCUT2D eigenvalue weighted by atomic mass is 10.3. The van der Waals surface area contributed by atoms with Gasteiger partial charge in [0, 0.05) is 19.0 Å². The molecule has 90 valence electrons. The highest BCUT2D eigenvalue weighted by molar-refractivity contribution is 7.09. The van der Waals surface area contributed by atoms with E-state index >= 15 is 0 Å². The maximum atomic E-state index is 4.35. The van der Waals surface area contributed by atoms with Gasteiger partial charge in [-0.25, -0.2) is 9.97 Å². The number of nitrogens with zero attached hydrogens (tertiary/aromatic N) is 3. The average molecular weight is 248 g/mol. The van der Waals surface area contributed by atoms with E-state index in [1.165, 1.54) is 4.88 Å². The van der Waals surface area contributed by atoms with Crippen LogP contribution in [0.4, 0.5) is 11.5 Å². The number of thiazole rings is 1. The van der Waals surface area contributed by atoms with E-state index in [1.807, 2.05) is 49.8 Å². The van der Waals surface area contributed by atoms with E-state index in [9.17, 15) is 0 Å². The lowest BCUT2D eigenvalue weighted by molar-refractivity contribution is 1.06. The lowest BCUT2D eigenvalue weighted by Crippen LogP contribution is -2.10. The van der Waals surface area contributed by atoms with Gasteiger partial charge in [0.05, 0.1) is 29.6 Å². The maximum Gasteiger partial charge on any atom is 0.128 e. The summed E-state index contributed by atoms with van der Waals surface area (Å²) in [4.78, 5) is 11.8. The first-order chi connectivity index (χ1) is 8.16. The smallest absolute Gasteiger partial charge is 0.128 e. The Morgan fingerprint density at radius 2 is 2.12 bits per heavy atom. The van der Waals surface area contributed by atoms with Crippen molar-refractivity contribution in [2.24, 2.45) is 0 Å². The molecule has 0 aromatic carbocycles. The number of aromatic nitrogens is 2. The van der Waals surface area contributed by atoms with Crippen LogP contribution in [0.25, 0.3) is 0 Å². The average Bonchev–Trinajstić information content (AvgIpc) is 2.73. The molecule has 0 atom stereocenters. The van der Waals surface area contributed by atoms with Crippen LogP contribution in [0.15, 0.2) is 23.8 Å². The monoisotopic (exact) mass is 248 g/mol. The summed E-state index contributed by atoms with van der Waals surface area (Å²) in [6.45, 7) is 2.83. The van der Waals surface area contributed by atoms with E-state index in [2.05, 4.69) is 15.3 Å². The maximum absolute atomic E-state index is 4.35. The second kappa shape index (κ2) is 5.14. The third-order valence-electron chi connectivity index (χ3n) is 2.50. The van der Waals surface area contributed by atoms with Crippen LogP contribution in [0.2, 0.25) is 0 Å². The standard InChI is InChI=1S/C12H16N4S/c1-9-11(17-8-15-9)7-13-10-4-5-12(14-6-10)16(2)3/h4-6,8,13H,7H2,1-3H3. The van der Waals surface area contributed by atoms with E-state index in [4.69, 9.17) is 0 Å². The number of hydrogen-bond acceptors (Lipinski definition) is 5. The topological polar surface area (TPSA) is 41.1 Å². The molecule has 2 heterocycles. The third kappa shape index (κ3) is 2.94. The number of anilines is 2. The molecule has 4 nitrogen and oxygen atoms in total. The summed E-state index contributed by atoms with van der Waals surface area (Å²) in [5.41, 5.74) is 4.00. The van der Waals surface area contributed by atoms with Crippen molar-refractivity contribution in [3.8, 4) is 0 Å². The minimum absolute atomic E-state index is 0.805. The molecule has 5 heteroatoms. The predicted molar refractivity (Wildman–Crippen MR) is 72.7 cm³/mol. The quantitative estimate of drug-likeness (QED) is 0.902. The van der Waals surface area contributed by atoms with Gasteiger partial charge in [-0.05, 0) is 19.1 Å². The zero-order valence-corrected chi connectivity index (χ0v) is 11.1. The van der Waals surface area contributed by atoms with Gasteiger partial charge in [-0.15, -0.1) is 11.3 Å². The molecule has 0 radical (unpaired) electrons. The fourth-order valence-corrected chi connectivity index (χ4v) is 2.15. The van der Waals surface area contributed by atoms with Crippen LogP contribution in [0.1, 0.15) is 10.6 Å². The first-order valence-electron chi connectivity index (χ1n) is 5.43. The van der Waals surface area contributed by atoms with Crippen LogP contribution in [0.3, 0.4) is 0 Å². The third-order valence-corrected chi connectivity index (χ3v) is 3.44. The Labute approximate surface area is 105 Å². The first kappa shape index (κ1) is 11.9. The molecule has 0 saturated heterocycles. The molecule has 2 aromatic rings. The summed E-state index contributed by atoms with van der Waals surface area (Å²) in [5, 5.41) is 3.34. The Hall–Kier alpha value is -1.62. The van der Waals surface area contributed by atoms with Crippen LogP contribution in [0, 0.1) is 6.92 Å². The van der Waals surface area contributed by atoms with Gasteiger partial charge in [-0.1, -0.05) is 0 Å². The van der Waals surface area contributed by atoms with Gasteiger partial charge in [0.25, 0.3) is 0 Å². The molecule has 0 aliphatic heterocycles. The van der Waals surface area contributed by atoms with Gasteiger partial charge < -0.3 is 10.2 Å². The fraction of sp³-hybridized carbons (Fsp3) is 0.333. The molecule has 0 spiro atoms. The fourth-order valence-electron chi connectivity index (χ4n) is 1.43. The van der Waals surface area contributed by atoms with Crippen LogP contribution in [-0.2, 0) is 6.54 Å². The predicted octanol–water partition coefficient (Wildman–Crippen LogP) is 2.52. The van der Waals surface area contributed by atoms with Crippen LogP contribution in [-0.4, -0.2) is 24.1 Å². The van der Waals surface area contributed by atoms with Crippen molar-refractivity contribution in [1.82, 2.24) is 9.97 Å². The summed E-state index contributed by atoms with van der Waals surface area (Å²) in [6.07, 6.45) is 1.85. The number of hydrogen-bond donors (Lipinski definition) is 1. The Kier molecular flexibility index (Phi) is 3.58. The molecular weight excluding hydrogens is 232 g/mol. The minimum atomic E-state index is 0.805. The second-order valence-corrected chi connectivity index (χ2v) is 4.95. The molecule has 0 bridgehead atoms. The van der Waals surface area contributed by atoms with Gasteiger partial charge in [0.2, 0.25) is 0 Å². The molecule has 0 aliphatic carbocycles. The van der Waals surface area contributed by atoms with Crippen molar-refractivity contribution >= 4 is 22.8 Å². The number of rotatable bonds is 4. The zero-order valence-electron chi connectivity index (χ0n) is 10.3. The van der Waals surface area contributed by atoms with Gasteiger partial charge in [0.1, 0.15) is 5.82 Å². The molecule has 0 aliphatic rings. The van der Waals surface area contributed by atoms with Crippen molar-refractivity contribution < 1.29 is 0 Å². The van der Waals surface area contributed by atoms with E-state index in [0.29, 0.717) is 0 Å². The van der Waals surface area contributed by atoms with Gasteiger partial charge in [-0.2, -0.15) is 0 Å². The molecule has 17 heavy (non-hydrogen) atoms. The highest BCUT2D eigenvalue weighted by Gasteiger charge is 2.01. The molecule has 0 saturated carbocycles. The Morgan fingerprint density at radius 3 is 2.65 bits per heavy atom.